The van der Waals surface area contributed by atoms with Gasteiger partial charge in [0.2, 0.25) is 0 Å². The third-order valence-corrected chi connectivity index (χ3v) is 4.57. The van der Waals surface area contributed by atoms with E-state index < -0.39 is 0 Å². The Kier molecular flexibility index (Phi) is 3.42. The van der Waals surface area contributed by atoms with Crippen molar-refractivity contribution in [2.24, 2.45) is 0 Å². The zero-order chi connectivity index (χ0) is 15.8. The number of nitrogens with zero attached hydrogens (tertiary/aromatic N) is 2. The van der Waals surface area contributed by atoms with Crippen LogP contribution in [0.2, 0.25) is 0 Å². The number of carbonyl (C=O) groups excluding carboxylic acids is 1. The quantitative estimate of drug-likeness (QED) is 0.797. The highest BCUT2D eigenvalue weighted by atomic mass is 32.2. The Labute approximate surface area is 135 Å². The van der Waals surface area contributed by atoms with Crippen molar-refractivity contribution in [3.63, 3.8) is 0 Å². The summed E-state index contributed by atoms with van der Waals surface area (Å²) in [5, 5.41) is 7.42. The second-order valence-electron chi connectivity index (χ2n) is 5.09. The lowest BCUT2D eigenvalue weighted by atomic mass is 10.2. The lowest BCUT2D eigenvalue weighted by Crippen LogP contribution is -2.15. The number of rotatable bonds is 3. The molecule has 116 valence electrons. The molecule has 23 heavy (non-hydrogen) atoms. The summed E-state index contributed by atoms with van der Waals surface area (Å²) in [6.45, 7) is 0. The first-order valence-electron chi connectivity index (χ1n) is 7.01. The summed E-state index contributed by atoms with van der Waals surface area (Å²) in [7, 11) is 0. The van der Waals surface area contributed by atoms with Crippen molar-refractivity contribution < 1.29 is 13.6 Å². The fourth-order valence-electron chi connectivity index (χ4n) is 2.49. The summed E-state index contributed by atoms with van der Waals surface area (Å²) < 4.78 is 19.9. The maximum absolute atomic E-state index is 13.1. The maximum Gasteiger partial charge on any atom is 0.292 e. The zero-order valence-electron chi connectivity index (χ0n) is 12.0. The predicted molar refractivity (Wildman–Crippen MR) is 85.2 cm³/mol. The van der Waals surface area contributed by atoms with Crippen LogP contribution in [0.4, 0.5) is 10.2 Å². The summed E-state index contributed by atoms with van der Waals surface area (Å²) >= 11 is 1.74. The van der Waals surface area contributed by atoms with E-state index in [0.29, 0.717) is 11.5 Å². The molecule has 2 aromatic heterocycles. The SMILES string of the molecule is O=C(Nc1c2c(nn1-c1ccc(F)cc1)CSC2)c1ccco1. The van der Waals surface area contributed by atoms with E-state index in [4.69, 9.17) is 4.42 Å². The molecule has 1 aliphatic heterocycles. The second kappa shape index (κ2) is 5.58. The molecule has 3 aromatic rings. The number of anilines is 1. The van der Waals surface area contributed by atoms with Crippen molar-refractivity contribution in [1.29, 1.82) is 0 Å². The molecular weight excluding hydrogens is 317 g/mol. The molecule has 1 aliphatic rings. The van der Waals surface area contributed by atoms with Gasteiger partial charge in [0.05, 0.1) is 17.6 Å². The highest BCUT2D eigenvalue weighted by Gasteiger charge is 2.25. The smallest absolute Gasteiger partial charge is 0.292 e. The average molecular weight is 329 g/mol. The van der Waals surface area contributed by atoms with Gasteiger partial charge >= 0.3 is 0 Å². The topological polar surface area (TPSA) is 60.1 Å². The first-order valence-corrected chi connectivity index (χ1v) is 8.17. The molecule has 5 nitrogen and oxygen atoms in total. The number of furan rings is 1. The summed E-state index contributed by atoms with van der Waals surface area (Å²) in [5.41, 5.74) is 2.63. The standard InChI is InChI=1S/C16H12FN3O2S/c17-10-3-5-11(6-4-10)20-15(12-8-23-9-13(12)19-20)18-16(21)14-2-1-7-22-14/h1-7H,8-9H2,(H,18,21). The molecule has 0 aliphatic carbocycles. The van der Waals surface area contributed by atoms with Crippen LogP contribution in [0.1, 0.15) is 21.8 Å². The van der Waals surface area contributed by atoms with Gasteiger partial charge in [-0.1, -0.05) is 0 Å². The largest absolute Gasteiger partial charge is 0.459 e. The minimum Gasteiger partial charge on any atom is -0.459 e. The van der Waals surface area contributed by atoms with Crippen molar-refractivity contribution in [2.75, 3.05) is 5.32 Å². The number of halogens is 1. The number of aromatic nitrogens is 2. The van der Waals surface area contributed by atoms with Gasteiger partial charge in [-0.25, -0.2) is 9.07 Å². The molecule has 0 saturated heterocycles. The second-order valence-corrected chi connectivity index (χ2v) is 6.07. The predicted octanol–water partition coefficient (Wildman–Crippen LogP) is 3.60. The van der Waals surface area contributed by atoms with Crippen LogP contribution in [0.3, 0.4) is 0 Å². The number of carbonyl (C=O) groups is 1. The minimum atomic E-state index is -0.335. The van der Waals surface area contributed by atoms with Gasteiger partial charge in [-0.15, -0.1) is 0 Å². The minimum absolute atomic E-state index is 0.233. The van der Waals surface area contributed by atoms with Crippen molar-refractivity contribution in [3.8, 4) is 5.69 Å². The summed E-state index contributed by atoms with van der Waals surface area (Å²) in [4.78, 5) is 12.3. The summed E-state index contributed by atoms with van der Waals surface area (Å²) in [6, 6.07) is 9.26. The van der Waals surface area contributed by atoms with Crippen LogP contribution in [0.25, 0.3) is 5.69 Å². The molecule has 0 spiro atoms. The molecule has 7 heteroatoms. The monoisotopic (exact) mass is 329 g/mol. The number of hydrogen-bond acceptors (Lipinski definition) is 4. The molecule has 0 atom stereocenters. The van der Waals surface area contributed by atoms with Gasteiger partial charge in [0, 0.05) is 17.1 Å². The lowest BCUT2D eigenvalue weighted by Gasteiger charge is -2.10. The summed E-state index contributed by atoms with van der Waals surface area (Å²) in [5.74, 6) is 1.77. The highest BCUT2D eigenvalue weighted by molar-refractivity contribution is 7.98. The van der Waals surface area contributed by atoms with E-state index in [9.17, 15) is 9.18 Å². The van der Waals surface area contributed by atoms with Crippen LogP contribution in [0.5, 0.6) is 0 Å². The van der Waals surface area contributed by atoms with E-state index in [1.54, 1.807) is 40.7 Å². The maximum atomic E-state index is 13.1. The molecular formula is C16H12FN3O2S. The number of benzene rings is 1. The van der Waals surface area contributed by atoms with Crippen LogP contribution in [0, 0.1) is 5.82 Å². The fraction of sp³-hybridized carbons (Fsp3) is 0.125. The van der Waals surface area contributed by atoms with Crippen LogP contribution < -0.4 is 5.32 Å². The van der Waals surface area contributed by atoms with Crippen molar-refractivity contribution in [3.05, 3.63) is 65.5 Å². The third kappa shape index (κ3) is 2.53. The Morgan fingerprint density at radius 1 is 1.26 bits per heavy atom. The highest BCUT2D eigenvalue weighted by Crippen LogP contribution is 2.36. The van der Waals surface area contributed by atoms with Crippen molar-refractivity contribution in [1.82, 2.24) is 9.78 Å². The van der Waals surface area contributed by atoms with Gasteiger partial charge in [0.1, 0.15) is 11.6 Å². The van der Waals surface area contributed by atoms with Crippen LogP contribution in [-0.4, -0.2) is 15.7 Å². The van der Waals surface area contributed by atoms with Gasteiger partial charge in [0.15, 0.2) is 5.76 Å². The van der Waals surface area contributed by atoms with Crippen molar-refractivity contribution in [2.45, 2.75) is 11.5 Å². The molecule has 0 unspecified atom stereocenters. The Bertz CT molecular complexity index is 856. The average Bonchev–Trinajstić information content (AvgIpc) is 3.26. The molecule has 0 radical (unpaired) electrons. The first kappa shape index (κ1) is 14.1. The fourth-order valence-corrected chi connectivity index (χ4v) is 3.52. The van der Waals surface area contributed by atoms with E-state index in [1.807, 2.05) is 0 Å². The molecule has 0 fully saturated rings. The Hall–Kier alpha value is -2.54. The zero-order valence-corrected chi connectivity index (χ0v) is 12.8. The van der Waals surface area contributed by atoms with E-state index >= 15 is 0 Å². The normalized spacial score (nSPS) is 13.1. The van der Waals surface area contributed by atoms with E-state index in [-0.39, 0.29) is 17.5 Å². The molecule has 0 bridgehead atoms. The Morgan fingerprint density at radius 2 is 2.09 bits per heavy atom. The van der Waals surface area contributed by atoms with Gasteiger partial charge < -0.3 is 9.73 Å². The third-order valence-electron chi connectivity index (χ3n) is 3.60. The molecule has 1 aromatic carbocycles. The van der Waals surface area contributed by atoms with Crippen LogP contribution in [0.15, 0.2) is 47.1 Å². The number of thioether (sulfide) groups is 1. The van der Waals surface area contributed by atoms with Crippen molar-refractivity contribution >= 4 is 23.5 Å². The lowest BCUT2D eigenvalue weighted by molar-refractivity contribution is 0.0996. The van der Waals surface area contributed by atoms with Crippen LogP contribution >= 0.6 is 11.8 Å². The first-order chi connectivity index (χ1) is 11.2. The number of fused-ring (bicyclic) bond motifs is 1. The van der Waals surface area contributed by atoms with Gasteiger partial charge in [0.25, 0.3) is 5.91 Å². The van der Waals surface area contributed by atoms with E-state index in [2.05, 4.69) is 10.4 Å². The van der Waals surface area contributed by atoms with Crippen LogP contribution in [-0.2, 0) is 11.5 Å². The molecule has 0 saturated carbocycles. The number of hydrogen-bond donors (Lipinski definition) is 1. The number of nitrogens with one attached hydrogen (secondary N) is 1. The molecule has 4 rings (SSSR count). The molecule has 3 heterocycles. The Morgan fingerprint density at radius 3 is 2.83 bits per heavy atom. The molecule has 1 N–H and O–H groups in total. The molecule has 1 amide bonds. The van der Waals surface area contributed by atoms with E-state index in [1.165, 1.54) is 18.4 Å². The van der Waals surface area contributed by atoms with Gasteiger partial charge in [-0.05, 0) is 36.4 Å². The summed E-state index contributed by atoms with van der Waals surface area (Å²) in [6.07, 6.45) is 1.45. The van der Waals surface area contributed by atoms with Gasteiger partial charge in [-0.3, -0.25) is 4.79 Å². The van der Waals surface area contributed by atoms with Gasteiger partial charge in [-0.2, -0.15) is 16.9 Å². The number of amides is 1. The van der Waals surface area contributed by atoms with E-state index in [0.717, 1.165) is 22.8 Å². The Balaban J connectivity index is 1.75.